The van der Waals surface area contributed by atoms with E-state index >= 15 is 0 Å². The van der Waals surface area contributed by atoms with Gasteiger partial charge in [0.1, 0.15) is 5.82 Å². The molecule has 2 rings (SSSR count). The van der Waals surface area contributed by atoms with Crippen molar-refractivity contribution in [3.05, 3.63) is 35.6 Å². The quantitative estimate of drug-likeness (QED) is 0.762. The van der Waals surface area contributed by atoms with Gasteiger partial charge in [-0.25, -0.2) is 4.39 Å². The van der Waals surface area contributed by atoms with Gasteiger partial charge in [0.2, 0.25) is 0 Å². The number of hydrogen-bond donors (Lipinski definition) is 1. The van der Waals surface area contributed by atoms with E-state index in [9.17, 15) is 4.39 Å². The molecule has 0 radical (unpaired) electrons. The first-order valence-electron chi connectivity index (χ1n) is 7.25. The fourth-order valence-corrected chi connectivity index (χ4v) is 2.49. The molecular formula is C16H24FNO. The van der Waals surface area contributed by atoms with Gasteiger partial charge >= 0.3 is 0 Å². The van der Waals surface area contributed by atoms with Crippen molar-refractivity contribution in [1.82, 2.24) is 5.32 Å². The third-order valence-corrected chi connectivity index (χ3v) is 3.68. The van der Waals surface area contributed by atoms with E-state index in [0.29, 0.717) is 18.1 Å². The molecule has 0 bridgehead atoms. The van der Waals surface area contributed by atoms with Crippen molar-refractivity contribution < 1.29 is 9.13 Å². The maximum Gasteiger partial charge on any atom is 0.123 e. The Labute approximate surface area is 115 Å². The molecule has 0 spiro atoms. The van der Waals surface area contributed by atoms with Crippen LogP contribution in [0.4, 0.5) is 4.39 Å². The molecule has 0 saturated heterocycles. The van der Waals surface area contributed by atoms with Crippen molar-refractivity contribution in [2.45, 2.75) is 51.2 Å². The number of rotatable bonds is 7. The molecule has 0 unspecified atom stereocenters. The molecule has 1 aliphatic carbocycles. The molecule has 106 valence electrons. The maximum atomic E-state index is 12.8. The second-order valence-corrected chi connectivity index (χ2v) is 5.64. The van der Waals surface area contributed by atoms with Crippen LogP contribution in [-0.2, 0) is 4.74 Å². The monoisotopic (exact) mass is 265 g/mol. The summed E-state index contributed by atoms with van der Waals surface area (Å²) in [6.07, 6.45) is 3.72. The number of hydrogen-bond acceptors (Lipinski definition) is 2. The summed E-state index contributed by atoms with van der Waals surface area (Å²) in [5.41, 5.74) is 1.27. The smallest absolute Gasteiger partial charge is 0.123 e. The molecule has 1 aromatic rings. The van der Waals surface area contributed by atoms with Gasteiger partial charge in [0, 0.05) is 12.6 Å². The summed E-state index contributed by atoms with van der Waals surface area (Å²) in [7, 11) is 0. The Morgan fingerprint density at radius 3 is 2.58 bits per heavy atom. The van der Waals surface area contributed by atoms with Gasteiger partial charge in [0.15, 0.2) is 0 Å². The number of halogens is 1. The summed E-state index contributed by atoms with van der Waals surface area (Å²) in [5.74, 6) is 0.452. The van der Waals surface area contributed by atoms with E-state index in [4.69, 9.17) is 4.74 Å². The third kappa shape index (κ3) is 4.59. The van der Waals surface area contributed by atoms with E-state index in [1.807, 2.05) is 12.1 Å². The summed E-state index contributed by atoms with van der Waals surface area (Å²) >= 11 is 0. The van der Waals surface area contributed by atoms with Crippen LogP contribution in [0.2, 0.25) is 0 Å². The second-order valence-electron chi connectivity index (χ2n) is 5.64. The highest BCUT2D eigenvalue weighted by molar-refractivity contribution is 5.23. The lowest BCUT2D eigenvalue weighted by Gasteiger charge is -2.36. The summed E-state index contributed by atoms with van der Waals surface area (Å²) < 4.78 is 18.3. The Balaban J connectivity index is 1.57. The first-order chi connectivity index (χ1) is 9.15. The molecule has 1 saturated carbocycles. The van der Waals surface area contributed by atoms with Crippen molar-refractivity contribution in [3.8, 4) is 0 Å². The molecule has 3 heteroatoms. The lowest BCUT2D eigenvalue weighted by molar-refractivity contribution is 0.0760. The van der Waals surface area contributed by atoms with Gasteiger partial charge in [0.25, 0.3) is 0 Å². The van der Waals surface area contributed by atoms with Crippen LogP contribution in [0, 0.1) is 5.82 Å². The van der Waals surface area contributed by atoms with Crippen molar-refractivity contribution >= 4 is 0 Å². The first kappa shape index (κ1) is 14.5. The highest BCUT2D eigenvalue weighted by Crippen LogP contribution is 2.36. The Hall–Kier alpha value is -0.930. The molecule has 0 heterocycles. The Bertz CT molecular complexity index is 371. The largest absolute Gasteiger partial charge is 0.379 e. The minimum atomic E-state index is -0.150. The fourth-order valence-electron chi connectivity index (χ4n) is 2.49. The Morgan fingerprint density at radius 1 is 1.26 bits per heavy atom. The van der Waals surface area contributed by atoms with Gasteiger partial charge in [-0.1, -0.05) is 12.1 Å². The maximum absolute atomic E-state index is 12.8. The van der Waals surface area contributed by atoms with Crippen molar-refractivity contribution in [3.63, 3.8) is 0 Å². The molecule has 0 aliphatic heterocycles. The average molecular weight is 265 g/mol. The van der Waals surface area contributed by atoms with Crippen LogP contribution in [-0.4, -0.2) is 25.3 Å². The molecule has 1 aromatic carbocycles. The highest BCUT2D eigenvalue weighted by atomic mass is 19.1. The van der Waals surface area contributed by atoms with Crippen molar-refractivity contribution in [1.29, 1.82) is 0 Å². The van der Waals surface area contributed by atoms with Gasteiger partial charge in [-0.3, -0.25) is 0 Å². The van der Waals surface area contributed by atoms with Crippen LogP contribution < -0.4 is 5.32 Å². The second kappa shape index (κ2) is 7.01. The number of benzene rings is 1. The zero-order valence-corrected chi connectivity index (χ0v) is 11.9. The van der Waals surface area contributed by atoms with Crippen LogP contribution in [0.1, 0.15) is 44.6 Å². The van der Waals surface area contributed by atoms with Gasteiger partial charge in [-0.2, -0.15) is 0 Å². The highest BCUT2D eigenvalue weighted by Gasteiger charge is 2.29. The molecule has 1 fully saturated rings. The SMILES string of the molecule is CC(C)OCCCNC1CC(c2ccc(F)cc2)C1. The zero-order valence-electron chi connectivity index (χ0n) is 11.9. The van der Waals surface area contributed by atoms with Crippen LogP contribution in [0.15, 0.2) is 24.3 Å². The zero-order chi connectivity index (χ0) is 13.7. The summed E-state index contributed by atoms with van der Waals surface area (Å²) in [6.45, 7) is 5.98. The van der Waals surface area contributed by atoms with Crippen molar-refractivity contribution in [2.24, 2.45) is 0 Å². The minimum Gasteiger partial charge on any atom is -0.379 e. The lowest BCUT2D eigenvalue weighted by Crippen LogP contribution is -2.40. The van der Waals surface area contributed by atoms with E-state index in [1.54, 1.807) is 12.1 Å². The minimum absolute atomic E-state index is 0.150. The van der Waals surface area contributed by atoms with E-state index in [2.05, 4.69) is 19.2 Å². The summed E-state index contributed by atoms with van der Waals surface area (Å²) in [4.78, 5) is 0. The third-order valence-electron chi connectivity index (χ3n) is 3.68. The van der Waals surface area contributed by atoms with Crippen LogP contribution in [0.25, 0.3) is 0 Å². The molecule has 2 nitrogen and oxygen atoms in total. The van der Waals surface area contributed by atoms with E-state index in [0.717, 1.165) is 32.4 Å². The lowest BCUT2D eigenvalue weighted by atomic mass is 9.76. The van der Waals surface area contributed by atoms with Gasteiger partial charge < -0.3 is 10.1 Å². The molecule has 1 N–H and O–H groups in total. The first-order valence-corrected chi connectivity index (χ1v) is 7.25. The number of ether oxygens (including phenoxy) is 1. The van der Waals surface area contributed by atoms with E-state index < -0.39 is 0 Å². The summed E-state index contributed by atoms with van der Waals surface area (Å²) in [6, 6.07) is 7.55. The summed E-state index contributed by atoms with van der Waals surface area (Å²) in [5, 5.41) is 3.55. The van der Waals surface area contributed by atoms with Gasteiger partial charge in [-0.05, 0) is 63.3 Å². The van der Waals surface area contributed by atoms with Crippen LogP contribution in [0.5, 0.6) is 0 Å². The molecule has 19 heavy (non-hydrogen) atoms. The van der Waals surface area contributed by atoms with Crippen LogP contribution in [0.3, 0.4) is 0 Å². The normalized spacial score (nSPS) is 22.5. The molecule has 0 amide bonds. The van der Waals surface area contributed by atoms with E-state index in [1.165, 1.54) is 5.56 Å². The predicted molar refractivity (Wildman–Crippen MR) is 75.9 cm³/mol. The van der Waals surface area contributed by atoms with Gasteiger partial charge in [0.05, 0.1) is 6.10 Å². The van der Waals surface area contributed by atoms with E-state index in [-0.39, 0.29) is 5.82 Å². The van der Waals surface area contributed by atoms with Crippen LogP contribution >= 0.6 is 0 Å². The Morgan fingerprint density at radius 2 is 1.95 bits per heavy atom. The molecular weight excluding hydrogens is 241 g/mol. The topological polar surface area (TPSA) is 21.3 Å². The predicted octanol–water partition coefficient (Wildman–Crippen LogP) is 3.48. The standard InChI is InChI=1S/C16H24FNO/c1-12(2)19-9-3-8-18-16-10-14(11-16)13-4-6-15(17)7-5-13/h4-7,12,14,16,18H,3,8-11H2,1-2H3. The van der Waals surface area contributed by atoms with Crippen molar-refractivity contribution in [2.75, 3.05) is 13.2 Å². The number of nitrogens with one attached hydrogen (secondary N) is 1. The molecule has 0 aromatic heterocycles. The fraction of sp³-hybridized carbons (Fsp3) is 0.625. The Kier molecular flexibility index (Phi) is 5.34. The van der Waals surface area contributed by atoms with Gasteiger partial charge in [-0.15, -0.1) is 0 Å². The molecule has 1 aliphatic rings. The molecule has 0 atom stereocenters. The average Bonchev–Trinajstić information content (AvgIpc) is 2.32.